The first kappa shape index (κ1) is 14.8. The van der Waals surface area contributed by atoms with Crippen LogP contribution >= 0.6 is 11.6 Å². The molecule has 0 N–H and O–H groups in total. The van der Waals surface area contributed by atoms with Gasteiger partial charge in [-0.1, -0.05) is 16.8 Å². The zero-order valence-electron chi connectivity index (χ0n) is 12.2. The molecule has 1 aliphatic rings. The Hall–Kier alpha value is -2.17. The van der Waals surface area contributed by atoms with Gasteiger partial charge in [0.05, 0.1) is 16.7 Å². The SMILES string of the molecule is CO[C@H]1C[C@H](c2nc(C)no2)N(c2ncc(C#N)cc2Cl)C1. The second-order valence-corrected chi connectivity index (χ2v) is 5.49. The van der Waals surface area contributed by atoms with Crippen molar-refractivity contribution in [1.82, 2.24) is 15.1 Å². The van der Waals surface area contributed by atoms with Crippen molar-refractivity contribution in [3.63, 3.8) is 0 Å². The van der Waals surface area contributed by atoms with Crippen LogP contribution in [0.15, 0.2) is 16.8 Å². The molecule has 0 aliphatic carbocycles. The molecule has 1 aliphatic heterocycles. The van der Waals surface area contributed by atoms with Gasteiger partial charge in [0, 0.05) is 26.3 Å². The van der Waals surface area contributed by atoms with Gasteiger partial charge in [-0.15, -0.1) is 0 Å². The molecule has 2 aromatic rings. The Kier molecular flexibility index (Phi) is 3.96. The van der Waals surface area contributed by atoms with Crippen molar-refractivity contribution < 1.29 is 9.26 Å². The van der Waals surface area contributed by atoms with Crippen LogP contribution in [0.2, 0.25) is 5.02 Å². The van der Waals surface area contributed by atoms with Gasteiger partial charge in [-0.2, -0.15) is 10.2 Å². The van der Waals surface area contributed by atoms with Crippen LogP contribution in [0.3, 0.4) is 0 Å². The number of hydrogen-bond acceptors (Lipinski definition) is 7. The summed E-state index contributed by atoms with van der Waals surface area (Å²) >= 11 is 6.27. The van der Waals surface area contributed by atoms with Crippen molar-refractivity contribution in [1.29, 1.82) is 5.26 Å². The van der Waals surface area contributed by atoms with Crippen molar-refractivity contribution >= 4 is 17.4 Å². The Morgan fingerprint density at radius 3 is 2.95 bits per heavy atom. The summed E-state index contributed by atoms with van der Waals surface area (Å²) in [7, 11) is 1.66. The highest BCUT2D eigenvalue weighted by molar-refractivity contribution is 6.33. The maximum Gasteiger partial charge on any atom is 0.249 e. The summed E-state index contributed by atoms with van der Waals surface area (Å²) in [4.78, 5) is 10.6. The fraction of sp³-hybridized carbons (Fsp3) is 0.429. The van der Waals surface area contributed by atoms with Crippen molar-refractivity contribution in [3.8, 4) is 6.07 Å². The Morgan fingerprint density at radius 2 is 2.36 bits per heavy atom. The number of rotatable bonds is 3. The molecule has 0 aromatic carbocycles. The molecule has 0 saturated carbocycles. The van der Waals surface area contributed by atoms with Crippen molar-refractivity contribution in [2.45, 2.75) is 25.5 Å². The van der Waals surface area contributed by atoms with E-state index in [9.17, 15) is 0 Å². The normalized spacial score (nSPS) is 21.1. The summed E-state index contributed by atoms with van der Waals surface area (Å²) in [6, 6.07) is 3.47. The Labute approximate surface area is 132 Å². The zero-order valence-corrected chi connectivity index (χ0v) is 12.9. The van der Waals surface area contributed by atoms with Crippen LogP contribution in [-0.2, 0) is 4.74 Å². The Balaban J connectivity index is 1.97. The number of methoxy groups -OCH3 is 1. The third-order valence-electron chi connectivity index (χ3n) is 3.65. The molecule has 3 rings (SSSR count). The quantitative estimate of drug-likeness (QED) is 0.857. The van der Waals surface area contributed by atoms with Gasteiger partial charge in [0.1, 0.15) is 17.9 Å². The second kappa shape index (κ2) is 5.91. The zero-order chi connectivity index (χ0) is 15.7. The molecule has 0 radical (unpaired) electrons. The maximum absolute atomic E-state index is 8.92. The van der Waals surface area contributed by atoms with Crippen molar-refractivity contribution in [2.75, 3.05) is 18.6 Å². The fourth-order valence-electron chi connectivity index (χ4n) is 2.59. The summed E-state index contributed by atoms with van der Waals surface area (Å²) in [5.41, 5.74) is 0.418. The number of nitrogens with zero attached hydrogens (tertiary/aromatic N) is 5. The molecule has 3 heterocycles. The van der Waals surface area contributed by atoms with Gasteiger partial charge in [0.25, 0.3) is 0 Å². The molecule has 1 saturated heterocycles. The molecular formula is C14H14ClN5O2. The molecule has 2 aromatic heterocycles. The van der Waals surface area contributed by atoms with Crippen molar-refractivity contribution in [3.05, 3.63) is 34.6 Å². The molecule has 22 heavy (non-hydrogen) atoms. The summed E-state index contributed by atoms with van der Waals surface area (Å²) < 4.78 is 10.7. The van der Waals surface area contributed by atoms with E-state index in [4.69, 9.17) is 26.1 Å². The molecular weight excluding hydrogens is 306 g/mol. The van der Waals surface area contributed by atoms with Crippen LogP contribution < -0.4 is 4.90 Å². The first-order valence-electron chi connectivity index (χ1n) is 6.77. The van der Waals surface area contributed by atoms with E-state index in [0.717, 1.165) is 0 Å². The number of anilines is 1. The lowest BCUT2D eigenvalue weighted by Crippen LogP contribution is -2.26. The highest BCUT2D eigenvalue weighted by Crippen LogP contribution is 2.38. The largest absolute Gasteiger partial charge is 0.380 e. The van der Waals surface area contributed by atoms with Crippen LogP contribution in [0.1, 0.15) is 29.7 Å². The summed E-state index contributed by atoms with van der Waals surface area (Å²) in [6.45, 7) is 2.38. The van der Waals surface area contributed by atoms with E-state index in [1.807, 2.05) is 11.0 Å². The van der Waals surface area contributed by atoms with Crippen molar-refractivity contribution in [2.24, 2.45) is 0 Å². The Bertz CT molecular complexity index is 726. The third kappa shape index (κ3) is 2.63. The lowest BCUT2D eigenvalue weighted by atomic mass is 10.2. The first-order chi connectivity index (χ1) is 10.6. The van der Waals surface area contributed by atoms with E-state index in [-0.39, 0.29) is 12.1 Å². The lowest BCUT2D eigenvalue weighted by molar-refractivity contribution is 0.117. The number of aryl methyl sites for hydroxylation is 1. The fourth-order valence-corrected chi connectivity index (χ4v) is 2.86. The summed E-state index contributed by atoms with van der Waals surface area (Å²) in [6.07, 6.45) is 2.22. The number of nitriles is 1. The lowest BCUT2D eigenvalue weighted by Gasteiger charge is -2.23. The standard InChI is InChI=1S/C14H14ClN5O2/c1-8-18-14(22-19-8)12-4-10(21-2)7-20(12)13-11(15)3-9(5-16)6-17-13/h3,6,10,12H,4,7H2,1-2H3/t10-,12+/m0/s1. The van der Waals surface area contributed by atoms with E-state index in [1.54, 1.807) is 20.1 Å². The van der Waals surface area contributed by atoms with Gasteiger partial charge in [-0.25, -0.2) is 4.98 Å². The number of ether oxygens (including phenoxy) is 1. The van der Waals surface area contributed by atoms with Gasteiger partial charge in [-0.3, -0.25) is 0 Å². The average Bonchev–Trinajstić information content (AvgIpc) is 3.13. The smallest absolute Gasteiger partial charge is 0.249 e. The predicted molar refractivity (Wildman–Crippen MR) is 78.5 cm³/mol. The molecule has 8 heteroatoms. The number of pyridine rings is 1. The molecule has 2 atom stereocenters. The van der Waals surface area contributed by atoms with Gasteiger partial charge in [0.15, 0.2) is 5.82 Å². The average molecular weight is 320 g/mol. The van der Waals surface area contributed by atoms with E-state index in [1.165, 1.54) is 6.20 Å². The maximum atomic E-state index is 8.92. The van der Waals surface area contributed by atoms with Gasteiger partial charge in [0.2, 0.25) is 5.89 Å². The molecule has 0 bridgehead atoms. The minimum absolute atomic E-state index is 0.0192. The van der Waals surface area contributed by atoms with E-state index >= 15 is 0 Å². The van der Waals surface area contributed by atoms with Gasteiger partial charge < -0.3 is 14.2 Å². The summed E-state index contributed by atoms with van der Waals surface area (Å²) in [5.74, 6) is 1.68. The molecule has 0 unspecified atom stereocenters. The highest BCUT2D eigenvalue weighted by atomic mass is 35.5. The predicted octanol–water partition coefficient (Wildman–Crippen LogP) is 2.26. The molecule has 0 spiro atoms. The van der Waals surface area contributed by atoms with Crippen LogP contribution in [0.25, 0.3) is 0 Å². The second-order valence-electron chi connectivity index (χ2n) is 5.08. The van der Waals surface area contributed by atoms with Crippen LogP contribution in [0, 0.1) is 18.3 Å². The van der Waals surface area contributed by atoms with Crippen LogP contribution in [0.5, 0.6) is 0 Å². The van der Waals surface area contributed by atoms with Crippen LogP contribution in [0.4, 0.5) is 5.82 Å². The third-order valence-corrected chi connectivity index (χ3v) is 3.93. The molecule has 114 valence electrons. The number of hydrogen-bond donors (Lipinski definition) is 0. The minimum Gasteiger partial charge on any atom is -0.380 e. The molecule has 0 amide bonds. The minimum atomic E-state index is -0.149. The van der Waals surface area contributed by atoms with E-state index in [0.29, 0.717) is 41.1 Å². The van der Waals surface area contributed by atoms with Gasteiger partial charge in [-0.05, 0) is 13.0 Å². The van der Waals surface area contributed by atoms with Crippen LogP contribution in [-0.4, -0.2) is 34.9 Å². The molecule has 7 nitrogen and oxygen atoms in total. The topological polar surface area (TPSA) is 88.1 Å². The van der Waals surface area contributed by atoms with Gasteiger partial charge >= 0.3 is 0 Å². The number of aromatic nitrogens is 3. The monoisotopic (exact) mass is 319 g/mol. The van der Waals surface area contributed by atoms with E-state index in [2.05, 4.69) is 15.1 Å². The summed E-state index contributed by atoms with van der Waals surface area (Å²) in [5, 5.41) is 13.2. The first-order valence-corrected chi connectivity index (χ1v) is 7.15. The number of halogens is 1. The molecule has 1 fully saturated rings. The highest BCUT2D eigenvalue weighted by Gasteiger charge is 2.38. The van der Waals surface area contributed by atoms with E-state index < -0.39 is 0 Å². The Morgan fingerprint density at radius 1 is 1.55 bits per heavy atom.